The molecule has 1 aromatic heterocycles. The SMILES string of the molecule is CCOC(=O)c1cc(Br)c([N+](=O)[O-])s1. The van der Waals surface area contributed by atoms with Crippen molar-refractivity contribution < 1.29 is 14.5 Å². The smallest absolute Gasteiger partial charge is 0.348 e. The predicted octanol–water partition coefficient (Wildman–Crippen LogP) is 2.60. The molecule has 0 atom stereocenters. The average Bonchev–Trinajstić information content (AvgIpc) is 2.48. The van der Waals surface area contributed by atoms with Crippen LogP contribution in [-0.2, 0) is 4.74 Å². The second-order valence-electron chi connectivity index (χ2n) is 2.24. The fraction of sp³-hybridized carbons (Fsp3) is 0.286. The van der Waals surface area contributed by atoms with E-state index in [0.29, 0.717) is 4.47 Å². The lowest BCUT2D eigenvalue weighted by molar-refractivity contribution is -0.380. The Balaban J connectivity index is 2.96. The van der Waals surface area contributed by atoms with Crippen LogP contribution in [0.2, 0.25) is 0 Å². The molecule has 0 radical (unpaired) electrons. The lowest BCUT2D eigenvalue weighted by atomic mass is 10.5. The van der Waals surface area contributed by atoms with Gasteiger partial charge in [-0.15, -0.1) is 0 Å². The highest BCUT2D eigenvalue weighted by molar-refractivity contribution is 9.10. The molecule has 1 aromatic rings. The van der Waals surface area contributed by atoms with E-state index in [4.69, 9.17) is 4.74 Å². The Kier molecular flexibility index (Phi) is 3.59. The van der Waals surface area contributed by atoms with Crippen molar-refractivity contribution in [1.82, 2.24) is 0 Å². The normalized spacial score (nSPS) is 9.86. The lowest BCUT2D eigenvalue weighted by Crippen LogP contribution is -2.01. The van der Waals surface area contributed by atoms with Gasteiger partial charge in [0.25, 0.3) is 0 Å². The first-order valence-electron chi connectivity index (χ1n) is 3.67. The van der Waals surface area contributed by atoms with Gasteiger partial charge >= 0.3 is 11.0 Å². The lowest BCUT2D eigenvalue weighted by Gasteiger charge is -1.95. The zero-order valence-corrected chi connectivity index (χ0v) is 9.55. The first kappa shape index (κ1) is 11.1. The summed E-state index contributed by atoms with van der Waals surface area (Å²) in [6.07, 6.45) is 0. The minimum absolute atomic E-state index is 0.0898. The van der Waals surface area contributed by atoms with Crippen LogP contribution >= 0.6 is 27.3 Å². The molecule has 0 spiro atoms. The Morgan fingerprint density at radius 1 is 1.79 bits per heavy atom. The van der Waals surface area contributed by atoms with Gasteiger partial charge in [0.1, 0.15) is 9.35 Å². The molecule has 0 aromatic carbocycles. The zero-order chi connectivity index (χ0) is 10.7. The van der Waals surface area contributed by atoms with Gasteiger partial charge < -0.3 is 4.74 Å². The second kappa shape index (κ2) is 4.52. The molecule has 0 aliphatic carbocycles. The standard InChI is InChI=1S/C7H6BrNO4S/c1-2-13-7(10)5-3-4(8)6(14-5)9(11)12/h3H,2H2,1H3. The quantitative estimate of drug-likeness (QED) is 0.484. The molecule has 0 saturated carbocycles. The van der Waals surface area contributed by atoms with Crippen molar-refractivity contribution in [2.24, 2.45) is 0 Å². The van der Waals surface area contributed by atoms with E-state index in [1.807, 2.05) is 0 Å². The van der Waals surface area contributed by atoms with Crippen LogP contribution in [0.1, 0.15) is 16.6 Å². The maximum absolute atomic E-state index is 11.2. The predicted molar refractivity (Wildman–Crippen MR) is 54.6 cm³/mol. The van der Waals surface area contributed by atoms with Gasteiger partial charge in [0, 0.05) is 0 Å². The van der Waals surface area contributed by atoms with Gasteiger partial charge in [0.15, 0.2) is 0 Å². The number of rotatable bonds is 3. The van der Waals surface area contributed by atoms with Gasteiger partial charge in [0.2, 0.25) is 0 Å². The molecule has 1 heterocycles. The molecular formula is C7H6BrNO4S. The van der Waals surface area contributed by atoms with Crippen LogP contribution in [0.4, 0.5) is 5.00 Å². The zero-order valence-electron chi connectivity index (χ0n) is 7.15. The maximum Gasteiger partial charge on any atom is 0.348 e. The molecule has 76 valence electrons. The van der Waals surface area contributed by atoms with Crippen molar-refractivity contribution in [3.8, 4) is 0 Å². The number of hydrogen-bond acceptors (Lipinski definition) is 5. The van der Waals surface area contributed by atoms with Crippen LogP contribution in [0, 0.1) is 10.1 Å². The minimum Gasteiger partial charge on any atom is -0.462 e. The first-order valence-corrected chi connectivity index (χ1v) is 5.28. The van der Waals surface area contributed by atoms with E-state index in [2.05, 4.69) is 15.9 Å². The monoisotopic (exact) mass is 279 g/mol. The van der Waals surface area contributed by atoms with Crippen LogP contribution in [0.3, 0.4) is 0 Å². The van der Waals surface area contributed by atoms with Gasteiger partial charge in [-0.25, -0.2) is 4.79 Å². The molecule has 5 nitrogen and oxygen atoms in total. The Bertz CT molecular complexity index is 376. The van der Waals surface area contributed by atoms with Crippen molar-refractivity contribution in [1.29, 1.82) is 0 Å². The van der Waals surface area contributed by atoms with Crippen LogP contribution < -0.4 is 0 Å². The number of hydrogen-bond donors (Lipinski definition) is 0. The van der Waals surface area contributed by atoms with Gasteiger partial charge in [-0.3, -0.25) is 10.1 Å². The molecule has 0 N–H and O–H groups in total. The highest BCUT2D eigenvalue weighted by atomic mass is 79.9. The third kappa shape index (κ3) is 2.30. The van der Waals surface area contributed by atoms with E-state index < -0.39 is 10.9 Å². The second-order valence-corrected chi connectivity index (χ2v) is 4.13. The number of halogens is 1. The number of carbonyl (C=O) groups excluding carboxylic acids is 1. The van der Waals surface area contributed by atoms with E-state index in [-0.39, 0.29) is 16.5 Å². The molecule has 0 unspecified atom stereocenters. The molecule has 0 bridgehead atoms. The summed E-state index contributed by atoms with van der Waals surface area (Å²) in [7, 11) is 0. The molecule has 0 saturated heterocycles. The molecule has 0 aliphatic heterocycles. The fourth-order valence-corrected chi connectivity index (χ4v) is 2.31. The van der Waals surface area contributed by atoms with Crippen molar-refractivity contribution in [3.05, 3.63) is 25.5 Å². The molecule has 14 heavy (non-hydrogen) atoms. The van der Waals surface area contributed by atoms with E-state index in [1.54, 1.807) is 6.92 Å². The van der Waals surface area contributed by atoms with Gasteiger partial charge in [0.05, 0.1) is 11.5 Å². The summed E-state index contributed by atoms with van der Waals surface area (Å²) >= 11 is 3.79. The summed E-state index contributed by atoms with van der Waals surface area (Å²) in [5.74, 6) is -0.536. The molecule has 0 fully saturated rings. The summed E-state index contributed by atoms with van der Waals surface area (Å²) in [6.45, 7) is 1.93. The average molecular weight is 280 g/mol. The summed E-state index contributed by atoms with van der Waals surface area (Å²) in [5, 5.41) is 10.4. The Morgan fingerprint density at radius 2 is 2.43 bits per heavy atom. The highest BCUT2D eigenvalue weighted by Gasteiger charge is 2.21. The number of carbonyl (C=O) groups is 1. The van der Waals surface area contributed by atoms with Crippen LogP contribution in [0.5, 0.6) is 0 Å². The Hall–Kier alpha value is -0.950. The van der Waals surface area contributed by atoms with E-state index >= 15 is 0 Å². The minimum atomic E-state index is -0.544. The highest BCUT2D eigenvalue weighted by Crippen LogP contribution is 2.34. The Labute approximate surface area is 92.0 Å². The first-order chi connectivity index (χ1) is 6.56. The van der Waals surface area contributed by atoms with E-state index in [9.17, 15) is 14.9 Å². The van der Waals surface area contributed by atoms with Crippen molar-refractivity contribution in [2.45, 2.75) is 6.92 Å². The molecule has 1 rings (SSSR count). The Morgan fingerprint density at radius 3 is 2.86 bits per heavy atom. The number of ether oxygens (including phenoxy) is 1. The number of thiophene rings is 1. The summed E-state index contributed by atoms with van der Waals surface area (Å²) in [4.78, 5) is 21.3. The van der Waals surface area contributed by atoms with Crippen molar-refractivity contribution in [2.75, 3.05) is 6.61 Å². The van der Waals surface area contributed by atoms with Crippen molar-refractivity contribution in [3.63, 3.8) is 0 Å². The van der Waals surface area contributed by atoms with Gasteiger partial charge in [-0.2, -0.15) is 0 Å². The number of nitro groups is 1. The van der Waals surface area contributed by atoms with E-state index in [0.717, 1.165) is 11.3 Å². The molecule has 0 aliphatic rings. The largest absolute Gasteiger partial charge is 0.462 e. The summed E-state index contributed by atoms with van der Waals surface area (Å²) in [6, 6.07) is 1.39. The topological polar surface area (TPSA) is 69.4 Å². The third-order valence-corrected chi connectivity index (χ3v) is 3.24. The summed E-state index contributed by atoms with van der Waals surface area (Å²) < 4.78 is 5.01. The summed E-state index contributed by atoms with van der Waals surface area (Å²) in [5.41, 5.74) is 0. The third-order valence-electron chi connectivity index (χ3n) is 1.31. The maximum atomic E-state index is 11.2. The number of nitrogens with zero attached hydrogens (tertiary/aromatic N) is 1. The van der Waals surface area contributed by atoms with Crippen LogP contribution in [-0.4, -0.2) is 17.5 Å². The van der Waals surface area contributed by atoms with E-state index in [1.165, 1.54) is 6.07 Å². The van der Waals surface area contributed by atoms with Crippen LogP contribution in [0.25, 0.3) is 0 Å². The molecule has 7 heteroatoms. The van der Waals surface area contributed by atoms with Gasteiger partial charge in [-0.05, 0) is 28.9 Å². The van der Waals surface area contributed by atoms with Crippen molar-refractivity contribution >= 4 is 38.2 Å². The van der Waals surface area contributed by atoms with Crippen LogP contribution in [0.15, 0.2) is 10.5 Å². The number of esters is 1. The molecule has 0 amide bonds. The molecular weight excluding hydrogens is 274 g/mol. The fourth-order valence-electron chi connectivity index (χ4n) is 0.786. The van der Waals surface area contributed by atoms with Gasteiger partial charge in [-0.1, -0.05) is 11.3 Å².